The first-order valence-corrected chi connectivity index (χ1v) is 10.4. The predicted molar refractivity (Wildman–Crippen MR) is 114 cm³/mol. The highest BCUT2D eigenvalue weighted by Crippen LogP contribution is 2.09. The number of hydrogen-bond donors (Lipinski definition) is 0. The fourth-order valence-corrected chi connectivity index (χ4v) is 2.30. The van der Waals surface area contributed by atoms with Crippen LogP contribution in [0, 0.1) is 11.8 Å². The van der Waals surface area contributed by atoms with E-state index < -0.39 is 0 Å². The van der Waals surface area contributed by atoms with Gasteiger partial charge < -0.3 is 9.47 Å². The standard InChI is InChI=1S/C12H22O2.C11H20O2/c1-4-12(13)14-10-8-6-5-7-9-11(2)3;1-4-11(12)13-9-7-5-6-8-10(2)3/h4,11H,1,5-10H2,2-3H3;4,10H,1,5-9H2,2-3H3. The zero-order valence-corrected chi connectivity index (χ0v) is 18.1. The molecule has 0 spiro atoms. The summed E-state index contributed by atoms with van der Waals surface area (Å²) < 4.78 is 9.70. The third-order valence-electron chi connectivity index (χ3n) is 3.92. The Kier molecular flexibility index (Phi) is 21.2. The van der Waals surface area contributed by atoms with Gasteiger partial charge in [0, 0.05) is 12.2 Å². The van der Waals surface area contributed by atoms with Crippen LogP contribution in [0.1, 0.15) is 85.5 Å². The summed E-state index contributed by atoms with van der Waals surface area (Å²) in [5.74, 6) is 0.945. The summed E-state index contributed by atoms with van der Waals surface area (Å²) in [7, 11) is 0. The van der Waals surface area contributed by atoms with E-state index in [0.717, 1.165) is 37.5 Å². The lowest BCUT2D eigenvalue weighted by Gasteiger charge is -2.04. The van der Waals surface area contributed by atoms with Crippen molar-refractivity contribution in [2.75, 3.05) is 13.2 Å². The molecule has 0 aromatic rings. The van der Waals surface area contributed by atoms with Crippen molar-refractivity contribution in [3.8, 4) is 0 Å². The molecule has 0 aliphatic carbocycles. The second-order valence-corrected chi connectivity index (χ2v) is 7.58. The van der Waals surface area contributed by atoms with Crippen molar-refractivity contribution in [1.82, 2.24) is 0 Å². The molecule has 27 heavy (non-hydrogen) atoms. The average molecular weight is 383 g/mol. The van der Waals surface area contributed by atoms with Gasteiger partial charge in [-0.2, -0.15) is 0 Å². The van der Waals surface area contributed by atoms with Crippen LogP contribution >= 0.6 is 0 Å². The van der Waals surface area contributed by atoms with Gasteiger partial charge >= 0.3 is 11.9 Å². The Labute approximate surface area is 167 Å². The second-order valence-electron chi connectivity index (χ2n) is 7.58. The minimum atomic E-state index is -0.316. The van der Waals surface area contributed by atoms with E-state index in [1.807, 2.05) is 0 Å². The minimum Gasteiger partial charge on any atom is -0.463 e. The van der Waals surface area contributed by atoms with Crippen LogP contribution in [0.15, 0.2) is 25.3 Å². The van der Waals surface area contributed by atoms with E-state index in [-0.39, 0.29) is 11.9 Å². The Morgan fingerprint density at radius 3 is 1.33 bits per heavy atom. The fraction of sp³-hybridized carbons (Fsp3) is 0.739. The Morgan fingerprint density at radius 2 is 1.00 bits per heavy atom. The molecule has 0 rings (SSSR count). The molecule has 0 radical (unpaired) electrons. The van der Waals surface area contributed by atoms with E-state index in [4.69, 9.17) is 9.47 Å². The van der Waals surface area contributed by atoms with Crippen LogP contribution in [-0.2, 0) is 19.1 Å². The minimum absolute atomic E-state index is 0.313. The molecule has 158 valence electrons. The third kappa shape index (κ3) is 26.8. The smallest absolute Gasteiger partial charge is 0.330 e. The number of carbonyl (C=O) groups is 2. The van der Waals surface area contributed by atoms with Crippen molar-refractivity contribution < 1.29 is 19.1 Å². The lowest BCUT2D eigenvalue weighted by atomic mass is 10.0. The van der Waals surface area contributed by atoms with Gasteiger partial charge in [-0.25, -0.2) is 9.59 Å². The zero-order valence-electron chi connectivity index (χ0n) is 18.1. The number of unbranched alkanes of at least 4 members (excludes halogenated alkanes) is 5. The van der Waals surface area contributed by atoms with Gasteiger partial charge in [0.1, 0.15) is 0 Å². The highest BCUT2D eigenvalue weighted by molar-refractivity contribution is 5.81. The topological polar surface area (TPSA) is 52.6 Å². The van der Waals surface area contributed by atoms with Crippen molar-refractivity contribution in [2.24, 2.45) is 11.8 Å². The molecule has 0 saturated heterocycles. The van der Waals surface area contributed by atoms with Gasteiger partial charge in [0.25, 0.3) is 0 Å². The van der Waals surface area contributed by atoms with Gasteiger partial charge in [0.15, 0.2) is 0 Å². The van der Waals surface area contributed by atoms with E-state index in [2.05, 4.69) is 40.9 Å². The molecule has 0 saturated carbocycles. The number of ether oxygens (including phenoxy) is 2. The summed E-state index contributed by atoms with van der Waals surface area (Å²) >= 11 is 0. The number of hydrogen-bond acceptors (Lipinski definition) is 4. The molecule has 0 aromatic heterocycles. The first-order valence-electron chi connectivity index (χ1n) is 10.4. The van der Waals surface area contributed by atoms with E-state index in [9.17, 15) is 9.59 Å². The van der Waals surface area contributed by atoms with Gasteiger partial charge in [0.2, 0.25) is 0 Å². The van der Waals surface area contributed by atoms with Crippen LogP contribution in [0.5, 0.6) is 0 Å². The molecular formula is C23H42O4. The van der Waals surface area contributed by atoms with Crippen LogP contribution in [0.25, 0.3) is 0 Å². The highest BCUT2D eigenvalue weighted by atomic mass is 16.5. The van der Waals surface area contributed by atoms with E-state index in [1.54, 1.807) is 0 Å². The largest absolute Gasteiger partial charge is 0.463 e. The zero-order chi connectivity index (χ0) is 20.9. The molecule has 0 bridgehead atoms. The molecule has 0 aliphatic rings. The molecule has 0 amide bonds. The fourth-order valence-electron chi connectivity index (χ4n) is 2.30. The summed E-state index contributed by atoms with van der Waals surface area (Å²) in [5.41, 5.74) is 0. The molecule has 0 fully saturated rings. The first kappa shape index (κ1) is 27.6. The van der Waals surface area contributed by atoms with Crippen LogP contribution < -0.4 is 0 Å². The molecular weight excluding hydrogens is 340 g/mol. The molecule has 0 atom stereocenters. The third-order valence-corrected chi connectivity index (χ3v) is 3.92. The molecule has 0 aromatic carbocycles. The van der Waals surface area contributed by atoms with E-state index in [1.165, 1.54) is 44.3 Å². The Balaban J connectivity index is 0. The molecule has 4 heteroatoms. The van der Waals surface area contributed by atoms with Gasteiger partial charge in [-0.15, -0.1) is 0 Å². The molecule has 0 heterocycles. The van der Waals surface area contributed by atoms with Crippen LogP contribution in [0.3, 0.4) is 0 Å². The summed E-state index contributed by atoms with van der Waals surface area (Å²) in [6, 6.07) is 0. The van der Waals surface area contributed by atoms with Crippen LogP contribution in [0.2, 0.25) is 0 Å². The molecule has 4 nitrogen and oxygen atoms in total. The Bertz CT molecular complexity index is 386. The van der Waals surface area contributed by atoms with E-state index in [0.29, 0.717) is 13.2 Å². The van der Waals surface area contributed by atoms with Gasteiger partial charge in [0.05, 0.1) is 13.2 Å². The van der Waals surface area contributed by atoms with Crippen molar-refractivity contribution in [2.45, 2.75) is 85.5 Å². The Morgan fingerprint density at radius 1 is 0.667 bits per heavy atom. The maximum atomic E-state index is 10.6. The number of esters is 2. The van der Waals surface area contributed by atoms with Crippen LogP contribution in [0.4, 0.5) is 0 Å². The summed E-state index contributed by atoms with van der Waals surface area (Å²) in [4.78, 5) is 21.3. The van der Waals surface area contributed by atoms with E-state index >= 15 is 0 Å². The normalized spacial score (nSPS) is 10.1. The van der Waals surface area contributed by atoms with Crippen molar-refractivity contribution in [3.05, 3.63) is 25.3 Å². The predicted octanol–water partition coefficient (Wildman–Crippen LogP) is 6.25. The SMILES string of the molecule is C=CC(=O)OCCCCCC(C)C.C=CC(=O)OCCCCCCC(C)C. The summed E-state index contributed by atoms with van der Waals surface area (Å²) in [6.45, 7) is 16.6. The first-order chi connectivity index (χ1) is 12.8. The highest BCUT2D eigenvalue weighted by Gasteiger charge is 1.97. The molecule has 0 N–H and O–H groups in total. The van der Waals surface area contributed by atoms with Crippen molar-refractivity contribution in [3.63, 3.8) is 0 Å². The maximum Gasteiger partial charge on any atom is 0.330 e. The quantitative estimate of drug-likeness (QED) is 0.191. The van der Waals surface area contributed by atoms with Crippen molar-refractivity contribution >= 4 is 11.9 Å². The number of rotatable bonds is 15. The summed E-state index contributed by atoms with van der Waals surface area (Å²) in [6.07, 6.45) is 12.9. The maximum absolute atomic E-state index is 10.6. The van der Waals surface area contributed by atoms with Crippen molar-refractivity contribution in [1.29, 1.82) is 0 Å². The van der Waals surface area contributed by atoms with Gasteiger partial charge in [-0.3, -0.25) is 0 Å². The lowest BCUT2D eigenvalue weighted by Crippen LogP contribution is -2.01. The van der Waals surface area contributed by atoms with Gasteiger partial charge in [-0.1, -0.05) is 85.8 Å². The Hall–Kier alpha value is -1.58. The summed E-state index contributed by atoms with van der Waals surface area (Å²) in [5, 5.41) is 0. The lowest BCUT2D eigenvalue weighted by molar-refractivity contribution is -0.138. The molecule has 0 aliphatic heterocycles. The second kappa shape index (κ2) is 20.7. The average Bonchev–Trinajstić information content (AvgIpc) is 2.63. The number of carbonyl (C=O) groups excluding carboxylic acids is 2. The van der Waals surface area contributed by atoms with Gasteiger partial charge in [-0.05, 0) is 24.7 Å². The van der Waals surface area contributed by atoms with Crippen LogP contribution in [-0.4, -0.2) is 25.2 Å². The molecule has 0 unspecified atom stereocenters. The monoisotopic (exact) mass is 382 g/mol.